The summed E-state index contributed by atoms with van der Waals surface area (Å²) in [6.07, 6.45) is 0.120. The molecule has 6 nitrogen and oxygen atoms in total. The maximum atomic E-state index is 12.5. The minimum atomic E-state index is -0.267. The van der Waals surface area contributed by atoms with E-state index < -0.39 is 0 Å². The third-order valence-electron chi connectivity index (χ3n) is 4.23. The first-order valence-corrected chi connectivity index (χ1v) is 8.40. The number of aromatic nitrogens is 2. The molecule has 6 heteroatoms. The Morgan fingerprint density at radius 1 is 1.23 bits per heavy atom. The van der Waals surface area contributed by atoms with Gasteiger partial charge < -0.3 is 15.0 Å². The average Bonchev–Trinajstić information content (AvgIpc) is 3.05. The van der Waals surface area contributed by atoms with Crippen molar-refractivity contribution in [1.82, 2.24) is 15.3 Å². The van der Waals surface area contributed by atoms with Crippen molar-refractivity contribution >= 4 is 22.7 Å². The van der Waals surface area contributed by atoms with E-state index in [9.17, 15) is 9.59 Å². The normalized spacial score (nSPS) is 12.0. The van der Waals surface area contributed by atoms with Gasteiger partial charge in [-0.3, -0.25) is 9.59 Å². The summed E-state index contributed by atoms with van der Waals surface area (Å²) in [6.45, 7) is 3.37. The van der Waals surface area contributed by atoms with Crippen molar-refractivity contribution in [3.63, 3.8) is 0 Å². The van der Waals surface area contributed by atoms with Gasteiger partial charge in [0.1, 0.15) is 11.6 Å². The number of imidazole rings is 1. The van der Waals surface area contributed by atoms with Crippen LogP contribution in [0.15, 0.2) is 42.5 Å². The Labute approximate surface area is 151 Å². The average molecular weight is 351 g/mol. The second kappa shape index (κ2) is 7.39. The Morgan fingerprint density at radius 2 is 2.00 bits per heavy atom. The molecule has 0 radical (unpaired) electrons. The van der Waals surface area contributed by atoms with Crippen LogP contribution >= 0.6 is 0 Å². The Balaban J connectivity index is 1.73. The molecule has 1 unspecified atom stereocenters. The molecule has 3 rings (SSSR count). The highest BCUT2D eigenvalue weighted by Gasteiger charge is 2.16. The molecular weight excluding hydrogens is 330 g/mol. The van der Waals surface area contributed by atoms with E-state index in [1.54, 1.807) is 25.3 Å². The number of methoxy groups -OCH3 is 1. The third kappa shape index (κ3) is 3.74. The smallest absolute Gasteiger partial charge is 0.225 e. The fourth-order valence-electron chi connectivity index (χ4n) is 2.85. The van der Waals surface area contributed by atoms with Gasteiger partial charge in [0.15, 0.2) is 5.78 Å². The lowest BCUT2D eigenvalue weighted by atomic mass is 10.0. The van der Waals surface area contributed by atoms with Gasteiger partial charge in [-0.15, -0.1) is 0 Å². The molecule has 2 N–H and O–H groups in total. The summed E-state index contributed by atoms with van der Waals surface area (Å²) in [5.41, 5.74) is 3.02. The Bertz CT molecular complexity index is 929. The zero-order chi connectivity index (χ0) is 18.7. The van der Waals surface area contributed by atoms with Gasteiger partial charge in [0.25, 0.3) is 0 Å². The predicted octanol–water partition coefficient (Wildman–Crippen LogP) is 3.19. The van der Waals surface area contributed by atoms with Crippen LogP contribution in [0.3, 0.4) is 0 Å². The highest BCUT2D eigenvalue weighted by atomic mass is 16.5. The van der Waals surface area contributed by atoms with Gasteiger partial charge in [-0.25, -0.2) is 4.98 Å². The van der Waals surface area contributed by atoms with Crippen LogP contribution in [0.1, 0.15) is 41.6 Å². The van der Waals surface area contributed by atoms with E-state index in [1.807, 2.05) is 31.2 Å². The summed E-state index contributed by atoms with van der Waals surface area (Å²) in [7, 11) is 1.54. The van der Waals surface area contributed by atoms with E-state index >= 15 is 0 Å². The first-order valence-electron chi connectivity index (χ1n) is 8.40. The Hall–Kier alpha value is -3.15. The molecule has 1 aromatic heterocycles. The van der Waals surface area contributed by atoms with Crippen LogP contribution in [-0.2, 0) is 11.2 Å². The number of amides is 1. The van der Waals surface area contributed by atoms with Gasteiger partial charge in [0, 0.05) is 11.1 Å². The minimum absolute atomic E-state index is 0.0510. The summed E-state index contributed by atoms with van der Waals surface area (Å²) < 4.78 is 5.30. The second-order valence-electron chi connectivity index (χ2n) is 6.19. The number of carbonyl (C=O) groups is 2. The molecule has 1 amide bonds. The number of carbonyl (C=O) groups excluding carboxylic acids is 2. The first kappa shape index (κ1) is 17.7. The van der Waals surface area contributed by atoms with Crippen molar-refractivity contribution in [3.05, 3.63) is 59.4 Å². The summed E-state index contributed by atoms with van der Waals surface area (Å²) in [5, 5.41) is 2.93. The summed E-state index contributed by atoms with van der Waals surface area (Å²) in [5.74, 6) is 1.06. The molecule has 2 aromatic carbocycles. The third-order valence-corrected chi connectivity index (χ3v) is 4.23. The molecule has 0 aliphatic carbocycles. The van der Waals surface area contributed by atoms with Gasteiger partial charge >= 0.3 is 0 Å². The molecule has 0 fully saturated rings. The van der Waals surface area contributed by atoms with Gasteiger partial charge in [0.2, 0.25) is 5.91 Å². The van der Waals surface area contributed by atoms with E-state index in [0.29, 0.717) is 22.7 Å². The molecular formula is C20H21N3O3. The van der Waals surface area contributed by atoms with Crippen molar-refractivity contribution in [1.29, 1.82) is 0 Å². The molecule has 1 atom stereocenters. The van der Waals surface area contributed by atoms with Gasteiger partial charge in [-0.05, 0) is 44.2 Å². The van der Waals surface area contributed by atoms with Crippen LogP contribution in [0, 0.1) is 0 Å². The molecule has 0 bridgehead atoms. The van der Waals surface area contributed by atoms with Crippen LogP contribution in [0.4, 0.5) is 0 Å². The quantitative estimate of drug-likeness (QED) is 0.668. The van der Waals surface area contributed by atoms with Crippen LogP contribution in [0.5, 0.6) is 5.75 Å². The van der Waals surface area contributed by atoms with Gasteiger partial charge in [0.05, 0.1) is 30.6 Å². The zero-order valence-corrected chi connectivity index (χ0v) is 15.0. The highest BCUT2D eigenvalue weighted by Crippen LogP contribution is 2.21. The zero-order valence-electron chi connectivity index (χ0n) is 15.0. The lowest BCUT2D eigenvalue weighted by molar-refractivity contribution is -0.121. The largest absolute Gasteiger partial charge is 0.496 e. The number of aromatic amines is 1. The fourth-order valence-corrected chi connectivity index (χ4v) is 2.85. The number of H-pyrrole nitrogens is 1. The van der Waals surface area contributed by atoms with Crippen LogP contribution in [0.25, 0.3) is 11.0 Å². The standard InChI is InChI=1S/C20H21N3O3/c1-12(20-22-16-6-4-5-7-17(16)23-20)21-19(25)11-15-10-14(13(2)24)8-9-18(15)26-3/h4-10,12H,11H2,1-3H3,(H,21,25)(H,22,23). The maximum absolute atomic E-state index is 12.5. The molecule has 0 spiro atoms. The number of rotatable bonds is 6. The molecule has 0 saturated heterocycles. The van der Waals surface area contributed by atoms with Gasteiger partial charge in [-0.1, -0.05) is 12.1 Å². The summed E-state index contributed by atoms with van der Waals surface area (Å²) in [4.78, 5) is 31.8. The predicted molar refractivity (Wildman–Crippen MR) is 99.4 cm³/mol. The monoisotopic (exact) mass is 351 g/mol. The fraction of sp³-hybridized carbons (Fsp3) is 0.250. The molecule has 1 heterocycles. The van der Waals surface area contributed by atoms with Gasteiger partial charge in [-0.2, -0.15) is 0 Å². The van der Waals surface area contributed by atoms with E-state index in [1.165, 1.54) is 6.92 Å². The molecule has 0 aliphatic rings. The van der Waals surface area contributed by atoms with Crippen molar-refractivity contribution in [2.24, 2.45) is 0 Å². The Morgan fingerprint density at radius 3 is 2.69 bits per heavy atom. The lowest BCUT2D eigenvalue weighted by Crippen LogP contribution is -2.29. The lowest BCUT2D eigenvalue weighted by Gasteiger charge is -2.13. The first-order chi connectivity index (χ1) is 12.5. The number of hydrogen-bond donors (Lipinski definition) is 2. The highest BCUT2D eigenvalue weighted by molar-refractivity contribution is 5.94. The topological polar surface area (TPSA) is 84.1 Å². The summed E-state index contributed by atoms with van der Waals surface area (Å²) >= 11 is 0. The van der Waals surface area contributed by atoms with Crippen LogP contribution in [0.2, 0.25) is 0 Å². The molecule has 3 aromatic rings. The number of ketones is 1. The number of fused-ring (bicyclic) bond motifs is 1. The maximum Gasteiger partial charge on any atom is 0.225 e. The number of nitrogens with zero attached hydrogens (tertiary/aromatic N) is 1. The van der Waals surface area contributed by atoms with E-state index in [4.69, 9.17) is 4.74 Å². The van der Waals surface area contributed by atoms with E-state index in [2.05, 4.69) is 15.3 Å². The molecule has 26 heavy (non-hydrogen) atoms. The van der Waals surface area contributed by atoms with Crippen LogP contribution < -0.4 is 10.1 Å². The van der Waals surface area contributed by atoms with Crippen LogP contribution in [-0.4, -0.2) is 28.8 Å². The summed E-state index contributed by atoms with van der Waals surface area (Å²) in [6, 6.07) is 12.6. The number of hydrogen-bond acceptors (Lipinski definition) is 4. The number of benzene rings is 2. The molecule has 134 valence electrons. The van der Waals surface area contributed by atoms with Crippen molar-refractivity contribution in [2.45, 2.75) is 26.3 Å². The van der Waals surface area contributed by atoms with Crippen molar-refractivity contribution in [3.8, 4) is 5.75 Å². The van der Waals surface area contributed by atoms with E-state index in [-0.39, 0.29) is 24.2 Å². The number of ether oxygens (including phenoxy) is 1. The minimum Gasteiger partial charge on any atom is -0.496 e. The SMILES string of the molecule is COc1ccc(C(C)=O)cc1CC(=O)NC(C)c1nc2ccccc2[nH]1. The molecule has 0 saturated carbocycles. The van der Waals surface area contributed by atoms with E-state index in [0.717, 1.165) is 11.0 Å². The Kier molecular flexibility index (Phi) is 5.02. The van der Waals surface area contributed by atoms with Crippen molar-refractivity contribution in [2.75, 3.05) is 7.11 Å². The number of nitrogens with one attached hydrogen (secondary N) is 2. The molecule has 0 aliphatic heterocycles. The number of para-hydroxylation sites is 2. The number of Topliss-reactive ketones (excluding diaryl/α,β-unsaturated/α-hetero) is 1. The van der Waals surface area contributed by atoms with Crippen molar-refractivity contribution < 1.29 is 14.3 Å². The second-order valence-corrected chi connectivity index (χ2v) is 6.19.